The van der Waals surface area contributed by atoms with Crippen LogP contribution < -0.4 is 16.0 Å². The highest BCUT2D eigenvalue weighted by Gasteiger charge is 2.17. The van der Waals surface area contributed by atoms with Gasteiger partial charge in [0.25, 0.3) is 0 Å². The first kappa shape index (κ1) is 19.8. The van der Waals surface area contributed by atoms with Crippen molar-refractivity contribution < 1.29 is 0 Å². The Labute approximate surface area is 184 Å². The maximum atomic E-state index is 6.50. The summed E-state index contributed by atoms with van der Waals surface area (Å²) in [5, 5.41) is 3.19. The van der Waals surface area contributed by atoms with Crippen molar-refractivity contribution in [3.05, 3.63) is 101 Å². The van der Waals surface area contributed by atoms with Gasteiger partial charge >= 0.3 is 0 Å². The molecule has 0 saturated heterocycles. The van der Waals surface area contributed by atoms with Crippen LogP contribution in [-0.4, -0.2) is 15.0 Å². The third-order valence-corrected chi connectivity index (χ3v) is 5.04. The minimum Gasteiger partial charge on any atom is -0.393 e. The van der Waals surface area contributed by atoms with Crippen LogP contribution >= 0.6 is 15.9 Å². The summed E-state index contributed by atoms with van der Waals surface area (Å²) < 4.78 is 0.904. The van der Waals surface area contributed by atoms with Crippen molar-refractivity contribution in [3.8, 4) is 0 Å². The van der Waals surface area contributed by atoms with Gasteiger partial charge in [0, 0.05) is 23.8 Å². The van der Waals surface area contributed by atoms with Gasteiger partial charge in [-0.15, -0.1) is 0 Å². The molecule has 0 atom stereocenters. The number of nitrogen functional groups attached to an aromatic ring is 1. The zero-order chi connectivity index (χ0) is 20.8. The number of hydrogen-bond acceptors (Lipinski definition) is 6. The number of pyridine rings is 1. The van der Waals surface area contributed by atoms with Crippen molar-refractivity contribution in [2.75, 3.05) is 16.0 Å². The van der Waals surface area contributed by atoms with Crippen LogP contribution in [0.5, 0.6) is 0 Å². The molecule has 150 valence electrons. The average molecular weight is 461 g/mol. The predicted molar refractivity (Wildman–Crippen MR) is 124 cm³/mol. The third-order valence-electron chi connectivity index (χ3n) is 4.57. The molecule has 0 amide bonds. The summed E-state index contributed by atoms with van der Waals surface area (Å²) in [4.78, 5) is 15.3. The Kier molecular flexibility index (Phi) is 6.20. The quantitative estimate of drug-likeness (QED) is 0.396. The average Bonchev–Trinajstić information content (AvgIpc) is 2.78. The first-order valence-corrected chi connectivity index (χ1v) is 10.3. The molecule has 0 fully saturated rings. The Hall–Kier alpha value is -3.45. The molecular weight excluding hydrogens is 440 g/mol. The van der Waals surface area contributed by atoms with E-state index in [1.807, 2.05) is 48.5 Å². The molecular formula is C23H21BrN6. The van der Waals surface area contributed by atoms with Crippen molar-refractivity contribution >= 4 is 39.1 Å². The number of nitrogens with one attached hydrogen (secondary N) is 1. The lowest BCUT2D eigenvalue weighted by molar-refractivity contribution is 0.782. The minimum absolute atomic E-state index is 0.481. The van der Waals surface area contributed by atoms with Crippen molar-refractivity contribution in [2.45, 2.75) is 13.1 Å². The second-order valence-electron chi connectivity index (χ2n) is 6.77. The lowest BCUT2D eigenvalue weighted by Gasteiger charge is -2.26. The van der Waals surface area contributed by atoms with Gasteiger partial charge in [0.2, 0.25) is 0 Å². The SMILES string of the molecule is Nc1c(Nc2ccc(Br)cn2)ncnc1N(Cc1ccccc1)Cc1ccccc1. The van der Waals surface area contributed by atoms with E-state index in [4.69, 9.17) is 5.73 Å². The van der Waals surface area contributed by atoms with Crippen molar-refractivity contribution in [2.24, 2.45) is 0 Å². The number of aromatic nitrogens is 3. The first-order valence-electron chi connectivity index (χ1n) is 9.51. The van der Waals surface area contributed by atoms with Gasteiger partial charge in [0.15, 0.2) is 11.6 Å². The highest BCUT2D eigenvalue weighted by molar-refractivity contribution is 9.10. The fourth-order valence-electron chi connectivity index (χ4n) is 3.12. The standard InChI is InChI=1S/C23H21BrN6/c24-19-11-12-20(26-13-19)29-22-21(25)23(28-16-27-22)30(14-17-7-3-1-4-8-17)15-18-9-5-2-6-10-18/h1-13,16H,14-15,25H2,(H,26,27,28,29). The topological polar surface area (TPSA) is 80.0 Å². The Morgan fingerprint density at radius 3 is 2.00 bits per heavy atom. The Balaban J connectivity index is 1.66. The van der Waals surface area contributed by atoms with Gasteiger partial charge in [-0.1, -0.05) is 60.7 Å². The summed E-state index contributed by atoms with van der Waals surface area (Å²) in [5.41, 5.74) is 9.34. The van der Waals surface area contributed by atoms with Crippen LogP contribution in [0, 0.1) is 0 Å². The van der Waals surface area contributed by atoms with Crippen LogP contribution in [0.15, 0.2) is 89.8 Å². The van der Waals surface area contributed by atoms with E-state index < -0.39 is 0 Å². The number of nitrogens with zero attached hydrogens (tertiary/aromatic N) is 4. The number of rotatable bonds is 7. The molecule has 30 heavy (non-hydrogen) atoms. The molecule has 2 aromatic heterocycles. The van der Waals surface area contributed by atoms with E-state index in [-0.39, 0.29) is 0 Å². The molecule has 4 aromatic rings. The van der Waals surface area contributed by atoms with E-state index in [0.29, 0.717) is 36.2 Å². The predicted octanol–water partition coefficient (Wildman–Crippen LogP) is 5.17. The normalized spacial score (nSPS) is 10.6. The molecule has 7 heteroatoms. The first-order chi connectivity index (χ1) is 14.7. The lowest BCUT2D eigenvalue weighted by atomic mass is 10.1. The van der Waals surface area contributed by atoms with Gasteiger partial charge in [0.1, 0.15) is 17.8 Å². The van der Waals surface area contributed by atoms with Crippen LogP contribution in [0.1, 0.15) is 11.1 Å². The Bertz CT molecular complexity index is 1050. The fraction of sp³-hybridized carbons (Fsp3) is 0.0870. The molecule has 0 aliphatic heterocycles. The monoisotopic (exact) mass is 460 g/mol. The molecule has 6 nitrogen and oxygen atoms in total. The van der Waals surface area contributed by atoms with E-state index in [1.54, 1.807) is 6.20 Å². The van der Waals surface area contributed by atoms with Gasteiger partial charge in [-0.25, -0.2) is 15.0 Å². The molecule has 0 unspecified atom stereocenters. The molecule has 4 rings (SSSR count). The molecule has 2 aromatic carbocycles. The fourth-order valence-corrected chi connectivity index (χ4v) is 3.36. The zero-order valence-corrected chi connectivity index (χ0v) is 17.8. The molecule has 0 spiro atoms. The van der Waals surface area contributed by atoms with E-state index in [9.17, 15) is 0 Å². The lowest BCUT2D eigenvalue weighted by Crippen LogP contribution is -2.24. The van der Waals surface area contributed by atoms with E-state index in [2.05, 4.69) is 65.4 Å². The zero-order valence-electron chi connectivity index (χ0n) is 16.2. The number of hydrogen-bond donors (Lipinski definition) is 2. The van der Waals surface area contributed by atoms with Crippen molar-refractivity contribution in [3.63, 3.8) is 0 Å². The van der Waals surface area contributed by atoms with E-state index >= 15 is 0 Å². The van der Waals surface area contributed by atoms with Gasteiger partial charge in [-0.05, 0) is 39.2 Å². The highest BCUT2D eigenvalue weighted by Crippen LogP contribution is 2.30. The summed E-state index contributed by atoms with van der Waals surface area (Å²) in [6, 6.07) is 24.3. The molecule has 0 radical (unpaired) electrons. The highest BCUT2D eigenvalue weighted by atomic mass is 79.9. The summed E-state index contributed by atoms with van der Waals surface area (Å²) >= 11 is 3.39. The molecule has 0 bridgehead atoms. The Morgan fingerprint density at radius 2 is 1.43 bits per heavy atom. The van der Waals surface area contributed by atoms with Crippen LogP contribution in [0.4, 0.5) is 23.1 Å². The summed E-state index contributed by atoms with van der Waals surface area (Å²) in [6.07, 6.45) is 3.24. The van der Waals surface area contributed by atoms with E-state index in [0.717, 1.165) is 4.47 Å². The Morgan fingerprint density at radius 1 is 0.800 bits per heavy atom. The van der Waals surface area contributed by atoms with Crippen LogP contribution in [0.25, 0.3) is 0 Å². The van der Waals surface area contributed by atoms with Crippen LogP contribution in [-0.2, 0) is 13.1 Å². The number of benzene rings is 2. The largest absolute Gasteiger partial charge is 0.393 e. The molecule has 0 saturated carbocycles. The van der Waals surface area contributed by atoms with Crippen LogP contribution in [0.2, 0.25) is 0 Å². The summed E-state index contributed by atoms with van der Waals surface area (Å²) in [5.74, 6) is 1.87. The van der Waals surface area contributed by atoms with Gasteiger partial charge in [0.05, 0.1) is 0 Å². The molecule has 3 N–H and O–H groups in total. The van der Waals surface area contributed by atoms with Crippen molar-refractivity contribution in [1.29, 1.82) is 0 Å². The number of nitrogens with two attached hydrogens (primary N) is 1. The molecule has 0 aliphatic carbocycles. The second-order valence-corrected chi connectivity index (χ2v) is 7.69. The molecule has 2 heterocycles. The third kappa shape index (κ3) is 4.93. The van der Waals surface area contributed by atoms with Gasteiger partial charge < -0.3 is 16.0 Å². The number of halogens is 1. The summed E-state index contributed by atoms with van der Waals surface area (Å²) in [7, 11) is 0. The minimum atomic E-state index is 0.481. The second kappa shape index (κ2) is 9.37. The smallest absolute Gasteiger partial charge is 0.160 e. The van der Waals surface area contributed by atoms with Crippen molar-refractivity contribution in [1.82, 2.24) is 15.0 Å². The molecule has 0 aliphatic rings. The maximum absolute atomic E-state index is 6.50. The summed E-state index contributed by atoms with van der Waals surface area (Å²) in [6.45, 7) is 1.35. The van der Waals surface area contributed by atoms with E-state index in [1.165, 1.54) is 17.5 Å². The van der Waals surface area contributed by atoms with Gasteiger partial charge in [-0.2, -0.15) is 0 Å². The maximum Gasteiger partial charge on any atom is 0.160 e. The van der Waals surface area contributed by atoms with Crippen LogP contribution in [0.3, 0.4) is 0 Å². The number of anilines is 4. The van der Waals surface area contributed by atoms with Gasteiger partial charge in [-0.3, -0.25) is 0 Å².